The van der Waals surface area contributed by atoms with Crippen LogP contribution >= 0.6 is 0 Å². The first-order valence-corrected chi connectivity index (χ1v) is 9.28. The first-order valence-electron chi connectivity index (χ1n) is 9.28. The summed E-state index contributed by atoms with van der Waals surface area (Å²) in [4.78, 5) is 15.9. The van der Waals surface area contributed by atoms with E-state index in [9.17, 15) is 9.90 Å². The van der Waals surface area contributed by atoms with E-state index >= 15 is 0 Å². The highest BCUT2D eigenvalue weighted by Gasteiger charge is 2.22. The van der Waals surface area contributed by atoms with E-state index in [4.69, 9.17) is 13.9 Å². The maximum atomic E-state index is 11.5. The molecule has 6 nitrogen and oxygen atoms in total. The van der Waals surface area contributed by atoms with Crippen molar-refractivity contribution in [3.05, 3.63) is 53.4 Å². The van der Waals surface area contributed by atoms with Crippen molar-refractivity contribution in [3.8, 4) is 11.5 Å². The van der Waals surface area contributed by atoms with Gasteiger partial charge in [-0.2, -0.15) is 0 Å². The molecule has 3 aromatic rings. The Kier molecular flexibility index (Phi) is 4.77. The number of oxazole rings is 1. The van der Waals surface area contributed by atoms with Crippen molar-refractivity contribution in [1.29, 1.82) is 0 Å². The van der Waals surface area contributed by atoms with Crippen LogP contribution in [0.15, 0.2) is 40.8 Å². The minimum absolute atomic E-state index is 0.110. The molecule has 0 aliphatic carbocycles. The van der Waals surface area contributed by atoms with Crippen molar-refractivity contribution in [2.24, 2.45) is 0 Å². The van der Waals surface area contributed by atoms with Crippen LogP contribution in [0.2, 0.25) is 0 Å². The fraction of sp³-hybridized carbons (Fsp3) is 0.273. The number of carbonyl (C=O) groups is 1. The van der Waals surface area contributed by atoms with Gasteiger partial charge in [0, 0.05) is 23.1 Å². The second-order valence-corrected chi connectivity index (χ2v) is 6.79. The average Bonchev–Trinajstić information content (AvgIpc) is 3.23. The van der Waals surface area contributed by atoms with Crippen molar-refractivity contribution in [2.75, 3.05) is 6.61 Å². The van der Waals surface area contributed by atoms with Crippen molar-refractivity contribution in [3.63, 3.8) is 0 Å². The third kappa shape index (κ3) is 3.58. The number of para-hydroxylation sites is 2. The summed E-state index contributed by atoms with van der Waals surface area (Å²) >= 11 is 0. The van der Waals surface area contributed by atoms with Crippen LogP contribution in [0.5, 0.6) is 11.5 Å². The van der Waals surface area contributed by atoms with E-state index in [1.807, 2.05) is 44.2 Å². The Morgan fingerprint density at radius 3 is 2.93 bits per heavy atom. The molecule has 2 heterocycles. The van der Waals surface area contributed by atoms with Gasteiger partial charge in [-0.3, -0.25) is 4.79 Å². The van der Waals surface area contributed by atoms with Crippen molar-refractivity contribution < 1.29 is 23.8 Å². The number of carboxylic acid groups (broad SMARTS) is 1. The number of nitrogens with zero attached hydrogens (tertiary/aromatic N) is 1. The molecule has 1 aliphatic rings. The van der Waals surface area contributed by atoms with E-state index in [0.29, 0.717) is 34.9 Å². The summed E-state index contributed by atoms with van der Waals surface area (Å²) in [6.45, 7) is 4.44. The second-order valence-electron chi connectivity index (χ2n) is 6.79. The number of ether oxygens (including phenoxy) is 2. The lowest BCUT2D eigenvalue weighted by atomic mass is 10.0. The predicted molar refractivity (Wildman–Crippen MR) is 106 cm³/mol. The number of benzene rings is 2. The molecule has 2 aromatic carbocycles. The third-order valence-corrected chi connectivity index (χ3v) is 4.57. The molecule has 0 saturated heterocycles. The summed E-state index contributed by atoms with van der Waals surface area (Å²) in [7, 11) is 0. The van der Waals surface area contributed by atoms with Gasteiger partial charge in [-0.15, -0.1) is 0 Å². The fourth-order valence-corrected chi connectivity index (χ4v) is 3.40. The largest absolute Gasteiger partial charge is 0.493 e. The van der Waals surface area contributed by atoms with Gasteiger partial charge in [0.2, 0.25) is 5.89 Å². The normalized spacial score (nSPS) is 16.1. The summed E-state index contributed by atoms with van der Waals surface area (Å²) in [5, 5.41) is 9.39. The molecule has 0 saturated carbocycles. The monoisotopic (exact) mass is 379 g/mol. The Morgan fingerprint density at radius 2 is 2.18 bits per heavy atom. The molecule has 144 valence electrons. The molecular formula is C22H21NO5. The number of hydrogen-bond donors (Lipinski definition) is 1. The van der Waals surface area contributed by atoms with Gasteiger partial charge in [-0.05, 0) is 44.2 Å². The molecule has 1 atom stereocenters. The zero-order valence-corrected chi connectivity index (χ0v) is 15.8. The SMILES string of the molecule is CCOc1cc2c(cc1/C=C(\CC(=O)O)c1nc3ccccc3o1)O[C@H](C)C2. The average molecular weight is 379 g/mol. The van der Waals surface area contributed by atoms with Crippen LogP contribution in [0.3, 0.4) is 0 Å². The van der Waals surface area contributed by atoms with E-state index in [1.165, 1.54) is 0 Å². The summed E-state index contributed by atoms with van der Waals surface area (Å²) in [6, 6.07) is 11.2. The van der Waals surface area contributed by atoms with Gasteiger partial charge in [0.05, 0.1) is 13.0 Å². The molecule has 0 radical (unpaired) electrons. The summed E-state index contributed by atoms with van der Waals surface area (Å²) in [6.07, 6.45) is 2.48. The summed E-state index contributed by atoms with van der Waals surface area (Å²) in [5.74, 6) is 0.825. The number of carboxylic acids is 1. The van der Waals surface area contributed by atoms with Gasteiger partial charge in [0.1, 0.15) is 23.1 Å². The lowest BCUT2D eigenvalue weighted by Gasteiger charge is -2.11. The van der Waals surface area contributed by atoms with Crippen LogP contribution in [0.4, 0.5) is 0 Å². The van der Waals surface area contributed by atoms with Gasteiger partial charge >= 0.3 is 5.97 Å². The highest BCUT2D eigenvalue weighted by molar-refractivity contribution is 5.92. The molecule has 0 amide bonds. The van der Waals surface area contributed by atoms with E-state index < -0.39 is 5.97 Å². The molecule has 6 heteroatoms. The fourth-order valence-electron chi connectivity index (χ4n) is 3.40. The topological polar surface area (TPSA) is 81.8 Å². The van der Waals surface area contributed by atoms with Gasteiger partial charge in [-0.1, -0.05) is 12.1 Å². The van der Waals surface area contributed by atoms with Crippen molar-refractivity contribution in [2.45, 2.75) is 32.8 Å². The highest BCUT2D eigenvalue weighted by atomic mass is 16.5. The Hall–Kier alpha value is -3.28. The van der Waals surface area contributed by atoms with Crippen LogP contribution in [-0.4, -0.2) is 28.8 Å². The number of aliphatic carboxylic acids is 1. The van der Waals surface area contributed by atoms with E-state index in [2.05, 4.69) is 4.98 Å². The number of aromatic nitrogens is 1. The minimum Gasteiger partial charge on any atom is -0.493 e. The molecule has 1 aliphatic heterocycles. The first kappa shape index (κ1) is 18.1. The second kappa shape index (κ2) is 7.38. The van der Waals surface area contributed by atoms with Crippen LogP contribution in [0.25, 0.3) is 22.7 Å². The molecule has 0 unspecified atom stereocenters. The summed E-state index contributed by atoms with van der Waals surface area (Å²) < 4.78 is 17.5. The Morgan fingerprint density at radius 1 is 1.36 bits per heavy atom. The van der Waals surface area contributed by atoms with Crippen molar-refractivity contribution in [1.82, 2.24) is 4.98 Å². The molecule has 0 fully saturated rings. The van der Waals surface area contributed by atoms with Crippen LogP contribution in [-0.2, 0) is 11.2 Å². The maximum Gasteiger partial charge on any atom is 0.308 e. The van der Waals surface area contributed by atoms with E-state index in [-0.39, 0.29) is 12.5 Å². The van der Waals surface area contributed by atoms with E-state index in [0.717, 1.165) is 23.3 Å². The summed E-state index contributed by atoms with van der Waals surface area (Å²) in [5.41, 5.74) is 3.61. The Balaban J connectivity index is 1.82. The Bertz CT molecular complexity index is 1030. The molecule has 1 aromatic heterocycles. The van der Waals surface area contributed by atoms with Crippen molar-refractivity contribution >= 4 is 28.7 Å². The molecule has 0 spiro atoms. The molecule has 0 bridgehead atoms. The zero-order chi connectivity index (χ0) is 19.7. The van der Waals surface area contributed by atoms with Gasteiger partial charge < -0.3 is 19.0 Å². The standard InChI is InChI=1S/C22H21NO5/c1-3-26-19-10-14-8-13(2)27-20(14)11-15(19)9-16(12-21(24)25)22-23-17-6-4-5-7-18(17)28-22/h4-7,9-11,13H,3,8,12H2,1-2H3,(H,24,25)/b16-9+/t13-/m1/s1. The zero-order valence-electron chi connectivity index (χ0n) is 15.8. The van der Waals surface area contributed by atoms with Gasteiger partial charge in [-0.25, -0.2) is 4.98 Å². The third-order valence-electron chi connectivity index (χ3n) is 4.57. The maximum absolute atomic E-state index is 11.5. The lowest BCUT2D eigenvalue weighted by Crippen LogP contribution is -2.05. The first-order chi connectivity index (χ1) is 13.5. The quantitative estimate of drug-likeness (QED) is 0.676. The predicted octanol–water partition coefficient (Wildman–Crippen LogP) is 4.57. The molecule has 28 heavy (non-hydrogen) atoms. The molecule has 1 N–H and O–H groups in total. The van der Waals surface area contributed by atoms with Crippen LogP contribution < -0.4 is 9.47 Å². The molecule has 4 rings (SSSR count). The van der Waals surface area contributed by atoms with E-state index in [1.54, 1.807) is 12.1 Å². The van der Waals surface area contributed by atoms with Crippen LogP contribution in [0.1, 0.15) is 37.3 Å². The highest BCUT2D eigenvalue weighted by Crippen LogP contribution is 2.37. The van der Waals surface area contributed by atoms with Gasteiger partial charge in [0.25, 0.3) is 0 Å². The number of fused-ring (bicyclic) bond motifs is 2. The minimum atomic E-state index is -0.961. The Labute approximate surface area is 162 Å². The number of rotatable bonds is 6. The lowest BCUT2D eigenvalue weighted by molar-refractivity contribution is -0.135. The number of hydrogen-bond acceptors (Lipinski definition) is 5. The smallest absolute Gasteiger partial charge is 0.308 e. The molecular weight excluding hydrogens is 358 g/mol. The van der Waals surface area contributed by atoms with Gasteiger partial charge in [0.15, 0.2) is 5.58 Å². The van der Waals surface area contributed by atoms with Crippen LogP contribution in [0, 0.1) is 0 Å².